The number of carbonyl (C=O) groups is 1. The number of carbonyl (C=O) groups excluding carboxylic acids is 1. The molecule has 6 nitrogen and oxygen atoms in total. The minimum atomic E-state index is -0.384. The van der Waals surface area contributed by atoms with Crippen LogP contribution in [0.2, 0.25) is 0 Å². The molecular weight excluding hydrogens is 376 g/mol. The number of benzene rings is 1. The molecule has 1 atom stereocenters. The zero-order valence-electron chi connectivity index (χ0n) is 18.0. The zero-order chi connectivity index (χ0) is 21.3. The van der Waals surface area contributed by atoms with Crippen LogP contribution < -0.4 is 10.9 Å². The second-order valence-electron chi connectivity index (χ2n) is 8.40. The Morgan fingerprint density at radius 1 is 1.07 bits per heavy atom. The van der Waals surface area contributed by atoms with Crippen LogP contribution in [0.4, 0.5) is 0 Å². The summed E-state index contributed by atoms with van der Waals surface area (Å²) in [7, 11) is 0. The zero-order valence-corrected chi connectivity index (χ0v) is 18.0. The number of para-hydroxylation sites is 1. The minimum Gasteiger partial charge on any atom is -0.352 e. The largest absolute Gasteiger partial charge is 0.352 e. The van der Waals surface area contributed by atoms with Gasteiger partial charge in [-0.25, -0.2) is 0 Å². The van der Waals surface area contributed by atoms with Gasteiger partial charge in [-0.3, -0.25) is 9.59 Å². The Kier molecular flexibility index (Phi) is 5.75. The number of aryl methyl sites for hydroxylation is 2. The van der Waals surface area contributed by atoms with Crippen molar-refractivity contribution in [3.8, 4) is 5.69 Å². The van der Waals surface area contributed by atoms with Gasteiger partial charge < -0.3 is 9.88 Å². The Labute approximate surface area is 176 Å². The van der Waals surface area contributed by atoms with Crippen molar-refractivity contribution in [1.82, 2.24) is 19.7 Å². The van der Waals surface area contributed by atoms with E-state index in [1.54, 1.807) is 6.20 Å². The number of amides is 1. The Balaban J connectivity index is 1.70. The Hall–Kier alpha value is -2.89. The van der Waals surface area contributed by atoms with Gasteiger partial charge in [-0.05, 0) is 45.7 Å². The van der Waals surface area contributed by atoms with Gasteiger partial charge in [0.2, 0.25) is 5.91 Å². The maximum absolute atomic E-state index is 13.2. The normalized spacial score (nSPS) is 16.4. The van der Waals surface area contributed by atoms with E-state index in [1.165, 1.54) is 30.4 Å². The van der Waals surface area contributed by atoms with E-state index < -0.39 is 0 Å². The molecule has 1 fully saturated rings. The Bertz CT molecular complexity index is 1110. The molecule has 0 aliphatic heterocycles. The Morgan fingerprint density at radius 2 is 1.73 bits per heavy atom. The van der Waals surface area contributed by atoms with Crippen LogP contribution in [0.25, 0.3) is 16.5 Å². The topological polar surface area (TPSA) is 68.9 Å². The lowest BCUT2D eigenvalue weighted by Gasteiger charge is -2.22. The van der Waals surface area contributed by atoms with E-state index in [4.69, 9.17) is 0 Å². The first-order chi connectivity index (χ1) is 14.5. The quantitative estimate of drug-likeness (QED) is 0.660. The van der Waals surface area contributed by atoms with Crippen LogP contribution in [0, 0.1) is 13.8 Å². The summed E-state index contributed by atoms with van der Waals surface area (Å²) < 4.78 is 3.41. The number of hydrogen-bond acceptors (Lipinski definition) is 3. The predicted molar refractivity (Wildman–Crippen MR) is 119 cm³/mol. The van der Waals surface area contributed by atoms with Crippen LogP contribution in [0.1, 0.15) is 62.9 Å². The minimum absolute atomic E-state index is 0.0183. The molecule has 1 unspecified atom stereocenters. The van der Waals surface area contributed by atoms with Gasteiger partial charge in [0.15, 0.2) is 0 Å². The highest BCUT2D eigenvalue weighted by Gasteiger charge is 2.25. The molecule has 0 radical (unpaired) electrons. The third-order valence-corrected chi connectivity index (χ3v) is 6.42. The van der Waals surface area contributed by atoms with E-state index >= 15 is 0 Å². The van der Waals surface area contributed by atoms with Crippen LogP contribution in [0.15, 0.2) is 41.3 Å². The summed E-state index contributed by atoms with van der Waals surface area (Å²) in [4.78, 5) is 26.3. The van der Waals surface area contributed by atoms with Crippen LogP contribution in [0.3, 0.4) is 0 Å². The molecule has 1 aromatic carbocycles. The molecule has 3 aromatic rings. The summed E-state index contributed by atoms with van der Waals surface area (Å²) in [5.74, 6) is 0.0183. The standard InChI is InChI=1S/C24H30N4O2/c1-16-21-15-25-28(20-13-9-6-10-14-20)24(30)22(21)17(2)27(16)18(3)23(29)26-19-11-7-4-5-8-12-19/h6,9-10,13-15,18-19H,4-5,7-8,11-12H2,1-3H3,(H,26,29). The van der Waals surface area contributed by atoms with Crippen LogP contribution in [-0.4, -0.2) is 26.3 Å². The number of nitrogens with zero attached hydrogens (tertiary/aromatic N) is 3. The maximum atomic E-state index is 13.2. The molecular formula is C24H30N4O2. The first kappa shape index (κ1) is 20.4. The van der Waals surface area contributed by atoms with E-state index in [0.717, 1.165) is 35.3 Å². The highest BCUT2D eigenvalue weighted by atomic mass is 16.2. The summed E-state index contributed by atoms with van der Waals surface area (Å²) in [6, 6.07) is 9.28. The maximum Gasteiger partial charge on any atom is 0.281 e. The van der Waals surface area contributed by atoms with Gasteiger partial charge >= 0.3 is 0 Å². The van der Waals surface area contributed by atoms with Crippen LogP contribution in [0.5, 0.6) is 0 Å². The lowest BCUT2D eigenvalue weighted by atomic mass is 10.1. The van der Waals surface area contributed by atoms with Crippen molar-refractivity contribution in [2.24, 2.45) is 0 Å². The van der Waals surface area contributed by atoms with Crippen molar-refractivity contribution in [1.29, 1.82) is 0 Å². The SMILES string of the molecule is Cc1c2cnn(-c3ccccc3)c(=O)c2c(C)n1C(C)C(=O)NC1CCCCCC1. The van der Waals surface area contributed by atoms with Crippen LogP contribution >= 0.6 is 0 Å². The predicted octanol–water partition coefficient (Wildman–Crippen LogP) is 4.20. The molecule has 2 aromatic heterocycles. The number of aromatic nitrogens is 3. The fourth-order valence-electron chi connectivity index (χ4n) is 4.78. The van der Waals surface area contributed by atoms with E-state index in [2.05, 4.69) is 10.4 Å². The monoisotopic (exact) mass is 406 g/mol. The molecule has 1 N–H and O–H groups in total. The average molecular weight is 407 g/mol. The first-order valence-electron chi connectivity index (χ1n) is 10.9. The fourth-order valence-corrected chi connectivity index (χ4v) is 4.78. The number of fused-ring (bicyclic) bond motifs is 1. The molecule has 1 amide bonds. The second-order valence-corrected chi connectivity index (χ2v) is 8.40. The van der Waals surface area contributed by atoms with Crippen molar-refractivity contribution in [2.45, 2.75) is 71.4 Å². The molecule has 1 aliphatic carbocycles. The van der Waals surface area contributed by atoms with Gasteiger partial charge in [0, 0.05) is 22.8 Å². The highest BCUT2D eigenvalue weighted by molar-refractivity contribution is 5.89. The van der Waals surface area contributed by atoms with Crippen molar-refractivity contribution < 1.29 is 4.79 Å². The van der Waals surface area contributed by atoms with E-state index in [9.17, 15) is 9.59 Å². The second kappa shape index (κ2) is 8.46. The molecule has 0 bridgehead atoms. The molecule has 30 heavy (non-hydrogen) atoms. The number of rotatable bonds is 4. The van der Waals surface area contributed by atoms with Crippen molar-refractivity contribution in [3.05, 3.63) is 58.3 Å². The first-order valence-corrected chi connectivity index (χ1v) is 10.9. The van der Waals surface area contributed by atoms with Gasteiger partial charge in [0.1, 0.15) is 6.04 Å². The van der Waals surface area contributed by atoms with Gasteiger partial charge in [0.05, 0.1) is 17.3 Å². The molecule has 0 saturated heterocycles. The van der Waals surface area contributed by atoms with E-state index in [0.29, 0.717) is 5.39 Å². The van der Waals surface area contributed by atoms with Crippen molar-refractivity contribution in [3.63, 3.8) is 0 Å². The smallest absolute Gasteiger partial charge is 0.281 e. The third kappa shape index (κ3) is 3.66. The number of nitrogens with one attached hydrogen (secondary N) is 1. The lowest BCUT2D eigenvalue weighted by molar-refractivity contribution is -0.124. The summed E-state index contributed by atoms with van der Waals surface area (Å²) >= 11 is 0. The molecule has 1 aliphatic rings. The summed E-state index contributed by atoms with van der Waals surface area (Å²) in [5, 5.41) is 9.07. The van der Waals surface area contributed by atoms with Crippen molar-refractivity contribution in [2.75, 3.05) is 0 Å². The van der Waals surface area contributed by atoms with E-state index in [-0.39, 0.29) is 23.6 Å². The molecule has 0 spiro atoms. The fraction of sp³-hybridized carbons (Fsp3) is 0.458. The summed E-state index contributed by atoms with van der Waals surface area (Å²) in [5.41, 5.74) is 2.28. The van der Waals surface area contributed by atoms with Gasteiger partial charge in [0.25, 0.3) is 5.56 Å². The van der Waals surface area contributed by atoms with Gasteiger partial charge in [-0.15, -0.1) is 0 Å². The molecule has 6 heteroatoms. The van der Waals surface area contributed by atoms with Gasteiger partial charge in [-0.2, -0.15) is 9.78 Å². The Morgan fingerprint density at radius 3 is 2.40 bits per heavy atom. The van der Waals surface area contributed by atoms with E-state index in [1.807, 2.05) is 55.7 Å². The van der Waals surface area contributed by atoms with Gasteiger partial charge in [-0.1, -0.05) is 43.9 Å². The molecule has 4 rings (SSSR count). The molecule has 1 saturated carbocycles. The average Bonchev–Trinajstić information content (AvgIpc) is 2.90. The third-order valence-electron chi connectivity index (χ3n) is 6.42. The summed E-state index contributed by atoms with van der Waals surface area (Å²) in [6.45, 7) is 5.79. The molecule has 2 heterocycles. The summed E-state index contributed by atoms with van der Waals surface area (Å²) in [6.07, 6.45) is 8.70. The number of hydrogen-bond donors (Lipinski definition) is 1. The lowest BCUT2D eigenvalue weighted by Crippen LogP contribution is -2.39. The molecule has 158 valence electrons. The van der Waals surface area contributed by atoms with Crippen molar-refractivity contribution >= 4 is 16.7 Å². The van der Waals surface area contributed by atoms with Crippen LogP contribution in [-0.2, 0) is 4.79 Å². The highest BCUT2D eigenvalue weighted by Crippen LogP contribution is 2.27.